The predicted molar refractivity (Wildman–Crippen MR) is 190 cm³/mol. The molecule has 6 aromatic carbocycles. The molecule has 0 atom stereocenters. The second-order valence-electron chi connectivity index (χ2n) is 11.8. The molecule has 0 spiro atoms. The zero-order valence-electron chi connectivity index (χ0n) is 24.8. The number of anilines is 2. The molecular formula is C42H31N3. The van der Waals surface area contributed by atoms with Crippen molar-refractivity contribution in [2.45, 2.75) is 12.8 Å². The van der Waals surface area contributed by atoms with Gasteiger partial charge in [-0.05, 0) is 78.6 Å². The van der Waals surface area contributed by atoms with E-state index in [1.807, 2.05) is 0 Å². The van der Waals surface area contributed by atoms with Gasteiger partial charge in [-0.3, -0.25) is 0 Å². The Balaban J connectivity index is 1.15. The largest absolute Gasteiger partial charge is 0.355 e. The Hall–Kier alpha value is -5.80. The Bertz CT molecular complexity index is 2370. The molecule has 0 unspecified atom stereocenters. The van der Waals surface area contributed by atoms with Crippen molar-refractivity contribution in [3.63, 3.8) is 0 Å². The van der Waals surface area contributed by atoms with Crippen molar-refractivity contribution in [1.82, 2.24) is 9.13 Å². The van der Waals surface area contributed by atoms with Crippen LogP contribution in [0.4, 0.5) is 11.4 Å². The second-order valence-corrected chi connectivity index (χ2v) is 11.8. The summed E-state index contributed by atoms with van der Waals surface area (Å²) < 4.78 is 4.83. The lowest BCUT2D eigenvalue weighted by molar-refractivity contribution is 0.888. The standard InChI is InChI=1S/C42H31N3/c1-3-11-29(12-4-1)30-19-23-34(24-20-30)45-40-18-10-8-16-36(40)38-26-22-32(28-42(38)45)43-31-21-25-37-35-15-7-9-17-39(35)44(41(37)27-31)33-13-5-2-6-14-33/h1-8,10-16,18-28,43H,9,17H2. The summed E-state index contributed by atoms with van der Waals surface area (Å²) in [4.78, 5) is 0. The summed E-state index contributed by atoms with van der Waals surface area (Å²) in [5.41, 5.74) is 13.3. The van der Waals surface area contributed by atoms with E-state index in [4.69, 9.17) is 0 Å². The van der Waals surface area contributed by atoms with Gasteiger partial charge in [0.05, 0.1) is 16.6 Å². The van der Waals surface area contributed by atoms with Gasteiger partial charge in [0, 0.05) is 50.2 Å². The van der Waals surface area contributed by atoms with Crippen molar-refractivity contribution in [1.29, 1.82) is 0 Å². The topological polar surface area (TPSA) is 21.9 Å². The number of benzene rings is 6. The second kappa shape index (κ2) is 10.4. The molecule has 0 aliphatic heterocycles. The van der Waals surface area contributed by atoms with Gasteiger partial charge in [-0.25, -0.2) is 0 Å². The third-order valence-corrected chi connectivity index (χ3v) is 9.15. The van der Waals surface area contributed by atoms with E-state index in [1.165, 1.54) is 60.8 Å². The molecule has 2 aromatic heterocycles. The lowest BCUT2D eigenvalue weighted by atomic mass is 10.0. The number of nitrogens with zero attached hydrogens (tertiary/aromatic N) is 2. The number of para-hydroxylation sites is 2. The van der Waals surface area contributed by atoms with Crippen molar-refractivity contribution >= 4 is 50.2 Å². The molecule has 0 bridgehead atoms. The van der Waals surface area contributed by atoms with Crippen LogP contribution in [0, 0.1) is 0 Å². The van der Waals surface area contributed by atoms with Crippen molar-refractivity contribution in [2.24, 2.45) is 0 Å². The molecule has 2 heterocycles. The summed E-state index contributed by atoms with van der Waals surface area (Å²) in [6.45, 7) is 0. The monoisotopic (exact) mass is 577 g/mol. The highest BCUT2D eigenvalue weighted by molar-refractivity contribution is 6.10. The van der Waals surface area contributed by atoms with Gasteiger partial charge in [0.2, 0.25) is 0 Å². The minimum atomic E-state index is 1.05. The van der Waals surface area contributed by atoms with Gasteiger partial charge in [0.1, 0.15) is 0 Å². The van der Waals surface area contributed by atoms with Crippen LogP contribution in [0.2, 0.25) is 0 Å². The number of rotatable bonds is 5. The Kier molecular flexibility index (Phi) is 5.95. The third kappa shape index (κ3) is 4.28. The van der Waals surface area contributed by atoms with E-state index in [2.05, 4.69) is 172 Å². The van der Waals surface area contributed by atoms with Gasteiger partial charge < -0.3 is 14.5 Å². The van der Waals surface area contributed by atoms with Crippen molar-refractivity contribution in [2.75, 3.05) is 5.32 Å². The number of nitrogens with one attached hydrogen (secondary N) is 1. The molecular weight excluding hydrogens is 546 g/mol. The molecule has 3 heteroatoms. The van der Waals surface area contributed by atoms with E-state index in [1.54, 1.807) is 0 Å². The molecule has 214 valence electrons. The first-order chi connectivity index (χ1) is 22.3. The van der Waals surface area contributed by atoms with Gasteiger partial charge in [-0.1, -0.05) is 103 Å². The minimum Gasteiger partial charge on any atom is -0.355 e. The Labute approximate surface area is 262 Å². The lowest BCUT2D eigenvalue weighted by Crippen LogP contribution is -2.02. The maximum atomic E-state index is 3.76. The molecule has 9 rings (SSSR count). The Morgan fingerprint density at radius 2 is 1.07 bits per heavy atom. The van der Waals surface area contributed by atoms with E-state index < -0.39 is 0 Å². The Morgan fingerprint density at radius 3 is 1.84 bits per heavy atom. The van der Waals surface area contributed by atoms with Crippen LogP contribution < -0.4 is 5.32 Å². The fourth-order valence-electron chi connectivity index (χ4n) is 7.10. The van der Waals surface area contributed by atoms with E-state index in [9.17, 15) is 0 Å². The number of fused-ring (bicyclic) bond motifs is 6. The Morgan fingerprint density at radius 1 is 0.467 bits per heavy atom. The van der Waals surface area contributed by atoms with Crippen LogP contribution in [0.3, 0.4) is 0 Å². The molecule has 1 N–H and O–H groups in total. The summed E-state index contributed by atoms with van der Waals surface area (Å²) in [7, 11) is 0. The van der Waals surface area contributed by atoms with Crippen molar-refractivity contribution in [3.8, 4) is 22.5 Å². The van der Waals surface area contributed by atoms with Crippen molar-refractivity contribution in [3.05, 3.63) is 163 Å². The maximum absolute atomic E-state index is 3.76. The van der Waals surface area contributed by atoms with Crippen LogP contribution in [-0.4, -0.2) is 9.13 Å². The normalized spacial score (nSPS) is 12.6. The smallest absolute Gasteiger partial charge is 0.0561 e. The summed E-state index contributed by atoms with van der Waals surface area (Å²) in [5, 5.41) is 7.56. The van der Waals surface area contributed by atoms with Gasteiger partial charge in [-0.15, -0.1) is 0 Å². The predicted octanol–water partition coefficient (Wildman–Crippen LogP) is 11.1. The molecule has 0 amide bonds. The average Bonchev–Trinajstić information content (AvgIpc) is 3.61. The van der Waals surface area contributed by atoms with Crippen LogP contribution in [0.5, 0.6) is 0 Å². The van der Waals surface area contributed by atoms with Crippen LogP contribution >= 0.6 is 0 Å². The zero-order chi connectivity index (χ0) is 29.7. The first-order valence-electron chi connectivity index (χ1n) is 15.7. The molecule has 3 nitrogen and oxygen atoms in total. The van der Waals surface area contributed by atoms with Crippen LogP contribution in [0.25, 0.3) is 61.3 Å². The quantitative estimate of drug-likeness (QED) is 0.216. The molecule has 0 fully saturated rings. The van der Waals surface area contributed by atoms with Gasteiger partial charge in [0.25, 0.3) is 0 Å². The SMILES string of the molecule is C1=Cc2c(n(-c3ccccc3)c3cc(Nc4ccc5c6ccccc6n(-c6ccc(-c7ccccc7)cc6)c5c4)ccc23)CC1. The molecule has 0 saturated carbocycles. The summed E-state index contributed by atoms with van der Waals surface area (Å²) >= 11 is 0. The summed E-state index contributed by atoms with van der Waals surface area (Å²) in [6, 6.07) is 52.4. The lowest BCUT2D eigenvalue weighted by Gasteiger charge is -2.14. The van der Waals surface area contributed by atoms with E-state index >= 15 is 0 Å². The highest BCUT2D eigenvalue weighted by atomic mass is 15.0. The highest BCUT2D eigenvalue weighted by Gasteiger charge is 2.19. The molecule has 0 saturated heterocycles. The number of aromatic nitrogens is 2. The van der Waals surface area contributed by atoms with E-state index in [-0.39, 0.29) is 0 Å². The van der Waals surface area contributed by atoms with E-state index in [0.29, 0.717) is 0 Å². The number of allylic oxidation sites excluding steroid dienone is 1. The zero-order valence-corrected chi connectivity index (χ0v) is 24.8. The summed E-state index contributed by atoms with van der Waals surface area (Å²) in [6.07, 6.45) is 6.72. The van der Waals surface area contributed by atoms with Gasteiger partial charge in [0.15, 0.2) is 0 Å². The first-order valence-corrected chi connectivity index (χ1v) is 15.7. The summed E-state index contributed by atoms with van der Waals surface area (Å²) in [5.74, 6) is 0. The molecule has 1 aliphatic carbocycles. The van der Waals surface area contributed by atoms with Crippen molar-refractivity contribution < 1.29 is 0 Å². The molecule has 1 aliphatic rings. The average molecular weight is 578 g/mol. The van der Waals surface area contributed by atoms with Crippen LogP contribution in [0.15, 0.2) is 152 Å². The number of hydrogen-bond acceptors (Lipinski definition) is 1. The van der Waals surface area contributed by atoms with Gasteiger partial charge in [-0.2, -0.15) is 0 Å². The molecule has 8 aromatic rings. The number of hydrogen-bond donors (Lipinski definition) is 1. The van der Waals surface area contributed by atoms with E-state index in [0.717, 1.165) is 29.9 Å². The molecule has 45 heavy (non-hydrogen) atoms. The van der Waals surface area contributed by atoms with Crippen LogP contribution in [0.1, 0.15) is 17.7 Å². The first kappa shape index (κ1) is 25.7. The fourth-order valence-corrected chi connectivity index (χ4v) is 7.10. The maximum Gasteiger partial charge on any atom is 0.0561 e. The molecule has 0 radical (unpaired) electrons. The van der Waals surface area contributed by atoms with Gasteiger partial charge >= 0.3 is 0 Å². The fraction of sp³-hybridized carbons (Fsp3) is 0.0476. The van der Waals surface area contributed by atoms with Crippen LogP contribution in [-0.2, 0) is 6.42 Å². The highest BCUT2D eigenvalue weighted by Crippen LogP contribution is 2.38. The minimum absolute atomic E-state index is 1.05. The third-order valence-electron chi connectivity index (χ3n) is 9.15.